The largest absolute Gasteiger partial charge is 0.378 e. The Balaban J connectivity index is 1.44. The van der Waals surface area contributed by atoms with E-state index < -0.39 is 6.04 Å². The average molecular weight is 455 g/mol. The lowest BCUT2D eigenvalue weighted by molar-refractivity contribution is -0.139. The summed E-state index contributed by atoms with van der Waals surface area (Å²) in [6, 6.07) is 7.39. The first-order valence-corrected chi connectivity index (χ1v) is 11.5. The summed E-state index contributed by atoms with van der Waals surface area (Å²) in [6.45, 7) is 5.97. The minimum absolute atomic E-state index is 0.0812. The molecule has 1 aliphatic rings. The molecule has 1 fully saturated rings. The van der Waals surface area contributed by atoms with Crippen molar-refractivity contribution >= 4 is 33.4 Å². The number of ether oxygens (including phenoxy) is 1. The average Bonchev–Trinajstić information content (AvgIpc) is 3.24. The number of hydrogen-bond acceptors (Lipinski definition) is 6. The molecule has 1 aromatic carbocycles. The normalized spacial score (nSPS) is 15.0. The Kier molecular flexibility index (Phi) is 6.66. The van der Waals surface area contributed by atoms with Crippen LogP contribution in [0.25, 0.3) is 21.3 Å². The van der Waals surface area contributed by atoms with Crippen molar-refractivity contribution < 1.29 is 14.3 Å². The van der Waals surface area contributed by atoms with Crippen molar-refractivity contribution in [1.29, 1.82) is 0 Å². The van der Waals surface area contributed by atoms with Gasteiger partial charge in [0.1, 0.15) is 10.9 Å². The third-order valence-corrected chi connectivity index (χ3v) is 6.46. The molecule has 0 saturated carbocycles. The molecule has 3 heterocycles. The van der Waals surface area contributed by atoms with E-state index in [4.69, 9.17) is 4.74 Å². The predicted octanol–water partition coefficient (Wildman–Crippen LogP) is 2.19. The van der Waals surface area contributed by atoms with Crippen molar-refractivity contribution in [3.63, 3.8) is 0 Å². The van der Waals surface area contributed by atoms with E-state index in [2.05, 4.69) is 10.3 Å². The van der Waals surface area contributed by atoms with Gasteiger partial charge in [-0.05, 0) is 19.4 Å². The number of nitrogens with one attached hydrogen (secondary N) is 1. The summed E-state index contributed by atoms with van der Waals surface area (Å²) in [7, 11) is 0. The molecule has 168 valence electrons. The third-order valence-electron chi connectivity index (χ3n) is 5.57. The zero-order valence-corrected chi connectivity index (χ0v) is 19.0. The molecule has 4 rings (SSSR count). The zero-order valence-electron chi connectivity index (χ0n) is 18.2. The van der Waals surface area contributed by atoms with Crippen molar-refractivity contribution in [3.8, 4) is 11.1 Å². The van der Waals surface area contributed by atoms with Crippen LogP contribution in [-0.2, 0) is 20.9 Å². The lowest BCUT2D eigenvalue weighted by Gasteiger charge is -2.29. The highest BCUT2D eigenvalue weighted by molar-refractivity contribution is 7.17. The summed E-state index contributed by atoms with van der Waals surface area (Å²) < 4.78 is 6.72. The van der Waals surface area contributed by atoms with E-state index >= 15 is 0 Å². The van der Waals surface area contributed by atoms with Gasteiger partial charge in [-0.1, -0.05) is 29.8 Å². The van der Waals surface area contributed by atoms with Gasteiger partial charge in [-0.25, -0.2) is 4.98 Å². The molecule has 1 atom stereocenters. The first-order chi connectivity index (χ1) is 15.4. The van der Waals surface area contributed by atoms with Crippen molar-refractivity contribution in [2.75, 3.05) is 26.3 Å². The van der Waals surface area contributed by atoms with Crippen LogP contribution in [0.4, 0.5) is 0 Å². The topological polar surface area (TPSA) is 93.5 Å². The number of benzene rings is 1. The van der Waals surface area contributed by atoms with Gasteiger partial charge in [0.2, 0.25) is 11.8 Å². The Hall–Kier alpha value is -3.04. The molecule has 32 heavy (non-hydrogen) atoms. The van der Waals surface area contributed by atoms with Crippen LogP contribution < -0.4 is 10.9 Å². The van der Waals surface area contributed by atoms with Crippen LogP contribution in [-0.4, -0.2) is 58.6 Å². The maximum absolute atomic E-state index is 13.1. The molecule has 0 bridgehead atoms. The minimum Gasteiger partial charge on any atom is -0.378 e. The fraction of sp³-hybridized carbons (Fsp3) is 0.391. The molecule has 8 nitrogen and oxygen atoms in total. The third kappa shape index (κ3) is 4.73. The fourth-order valence-electron chi connectivity index (χ4n) is 3.73. The lowest BCUT2D eigenvalue weighted by atomic mass is 10.1. The van der Waals surface area contributed by atoms with Crippen LogP contribution >= 0.6 is 11.3 Å². The maximum atomic E-state index is 13.1. The van der Waals surface area contributed by atoms with Crippen molar-refractivity contribution in [1.82, 2.24) is 19.8 Å². The number of hydrogen-bond donors (Lipinski definition) is 1. The Morgan fingerprint density at radius 3 is 2.66 bits per heavy atom. The molecule has 0 spiro atoms. The van der Waals surface area contributed by atoms with Gasteiger partial charge in [0.15, 0.2) is 0 Å². The molecule has 2 aromatic heterocycles. The lowest BCUT2D eigenvalue weighted by Crippen LogP contribution is -2.50. The standard InChI is InChI=1S/C23H26N4O4S/c1-15-3-5-17(6-4-15)18-13-32-21-20(18)23(30)27(14-24-21)8-7-19(28)25-16(2)22(29)26-9-11-31-12-10-26/h3-6,13-14,16H,7-12H2,1-2H3,(H,25,28). The summed E-state index contributed by atoms with van der Waals surface area (Å²) in [5.74, 6) is -0.405. The van der Waals surface area contributed by atoms with Gasteiger partial charge in [0, 0.05) is 37.0 Å². The number of aryl methyl sites for hydroxylation is 2. The van der Waals surface area contributed by atoms with Crippen LogP contribution in [0.1, 0.15) is 18.9 Å². The molecule has 1 unspecified atom stereocenters. The molecule has 1 N–H and O–H groups in total. The highest BCUT2D eigenvalue weighted by Crippen LogP contribution is 2.30. The van der Waals surface area contributed by atoms with E-state index in [1.807, 2.05) is 36.6 Å². The highest BCUT2D eigenvalue weighted by Gasteiger charge is 2.23. The minimum atomic E-state index is -0.622. The number of aromatic nitrogens is 2. The van der Waals surface area contributed by atoms with Crippen LogP contribution in [0, 0.1) is 6.92 Å². The smallest absolute Gasteiger partial charge is 0.262 e. The van der Waals surface area contributed by atoms with E-state index in [9.17, 15) is 14.4 Å². The van der Waals surface area contributed by atoms with Crippen LogP contribution in [0.15, 0.2) is 40.8 Å². The quantitative estimate of drug-likeness (QED) is 0.616. The molecule has 1 aliphatic heterocycles. The second-order valence-electron chi connectivity index (χ2n) is 7.92. The fourth-order valence-corrected chi connectivity index (χ4v) is 4.63. The number of carbonyl (C=O) groups excluding carboxylic acids is 2. The summed E-state index contributed by atoms with van der Waals surface area (Å²) in [4.78, 5) is 44.8. The Morgan fingerprint density at radius 1 is 1.22 bits per heavy atom. The zero-order chi connectivity index (χ0) is 22.7. The number of nitrogens with zero attached hydrogens (tertiary/aromatic N) is 3. The Morgan fingerprint density at radius 2 is 1.94 bits per heavy atom. The summed E-state index contributed by atoms with van der Waals surface area (Å²) in [6.07, 6.45) is 1.56. The van der Waals surface area contributed by atoms with Crippen molar-refractivity contribution in [2.24, 2.45) is 0 Å². The van der Waals surface area contributed by atoms with Crippen molar-refractivity contribution in [2.45, 2.75) is 32.9 Å². The molecular weight excluding hydrogens is 428 g/mol. The molecule has 2 amide bonds. The Labute approximate surface area is 189 Å². The first kappa shape index (κ1) is 22.2. The van der Waals surface area contributed by atoms with Gasteiger partial charge in [-0.15, -0.1) is 11.3 Å². The SMILES string of the molecule is Cc1ccc(-c2csc3ncn(CCC(=O)NC(C)C(=O)N4CCOCC4)c(=O)c23)cc1. The number of morpholine rings is 1. The summed E-state index contributed by atoms with van der Waals surface area (Å²) >= 11 is 1.43. The summed E-state index contributed by atoms with van der Waals surface area (Å²) in [5.41, 5.74) is 2.80. The van der Waals surface area contributed by atoms with Gasteiger partial charge < -0.3 is 15.0 Å². The van der Waals surface area contributed by atoms with Crippen LogP contribution in [0.3, 0.4) is 0 Å². The maximum Gasteiger partial charge on any atom is 0.262 e. The summed E-state index contributed by atoms with van der Waals surface area (Å²) in [5, 5.41) is 5.25. The number of fused-ring (bicyclic) bond motifs is 1. The molecule has 9 heteroatoms. The van der Waals surface area contributed by atoms with E-state index in [0.29, 0.717) is 36.5 Å². The molecular formula is C23H26N4O4S. The van der Waals surface area contributed by atoms with Crippen molar-refractivity contribution in [3.05, 3.63) is 51.9 Å². The van der Waals surface area contributed by atoms with Gasteiger partial charge in [-0.3, -0.25) is 19.0 Å². The van der Waals surface area contributed by atoms with Crippen LogP contribution in [0.5, 0.6) is 0 Å². The number of amides is 2. The second-order valence-corrected chi connectivity index (χ2v) is 8.77. The number of rotatable bonds is 6. The van der Waals surface area contributed by atoms with Gasteiger partial charge in [0.25, 0.3) is 5.56 Å². The van der Waals surface area contributed by atoms with E-state index in [1.54, 1.807) is 11.8 Å². The molecule has 0 aliphatic carbocycles. The predicted molar refractivity (Wildman–Crippen MR) is 124 cm³/mol. The van der Waals surface area contributed by atoms with Gasteiger partial charge in [0.05, 0.1) is 24.9 Å². The molecule has 0 radical (unpaired) electrons. The number of carbonyl (C=O) groups is 2. The van der Waals surface area contributed by atoms with E-state index in [1.165, 1.54) is 22.2 Å². The monoisotopic (exact) mass is 454 g/mol. The van der Waals surface area contributed by atoms with E-state index in [-0.39, 0.29) is 30.3 Å². The van der Waals surface area contributed by atoms with E-state index in [0.717, 1.165) is 16.7 Å². The Bertz CT molecular complexity index is 1180. The molecule has 1 saturated heterocycles. The van der Waals surface area contributed by atoms with Gasteiger partial charge in [-0.2, -0.15) is 0 Å². The number of thiophene rings is 1. The second kappa shape index (κ2) is 9.62. The van der Waals surface area contributed by atoms with Gasteiger partial charge >= 0.3 is 0 Å². The first-order valence-electron chi connectivity index (χ1n) is 10.6. The highest BCUT2D eigenvalue weighted by atomic mass is 32.1. The molecule has 3 aromatic rings. The van der Waals surface area contributed by atoms with Crippen LogP contribution in [0.2, 0.25) is 0 Å².